The molecule has 7 heteroatoms. The number of piperazine rings is 1. The molecule has 1 N–H and O–H groups in total. The lowest BCUT2D eigenvalue weighted by molar-refractivity contribution is -0.139. The molecule has 150 valence electrons. The summed E-state index contributed by atoms with van der Waals surface area (Å²) in [6.45, 7) is 3.24. The van der Waals surface area contributed by atoms with E-state index in [1.54, 1.807) is 24.3 Å². The normalized spacial score (nSPS) is 22.0. The predicted molar refractivity (Wildman–Crippen MR) is 112 cm³/mol. The van der Waals surface area contributed by atoms with Crippen LogP contribution in [0, 0.1) is 0 Å². The van der Waals surface area contributed by atoms with Gasteiger partial charge in [-0.05, 0) is 54.3 Å². The molecule has 1 amide bonds. The summed E-state index contributed by atoms with van der Waals surface area (Å²) in [5.41, 5.74) is 1.87. The number of ether oxygens (including phenoxy) is 1. The highest BCUT2D eigenvalue weighted by Crippen LogP contribution is 2.31. The fraction of sp³-hybridized carbons (Fsp3) is 0.364. The summed E-state index contributed by atoms with van der Waals surface area (Å²) in [4.78, 5) is 26.8. The maximum atomic E-state index is 12.8. The second-order valence-corrected chi connectivity index (χ2v) is 8.57. The van der Waals surface area contributed by atoms with Crippen LogP contribution in [0.15, 0.2) is 50.3 Å². The van der Waals surface area contributed by atoms with Crippen LogP contribution < -0.4 is 15.7 Å². The molecule has 6 nitrogen and oxygen atoms in total. The molecule has 2 unspecified atom stereocenters. The summed E-state index contributed by atoms with van der Waals surface area (Å²) in [6.07, 6.45) is 1.65. The van der Waals surface area contributed by atoms with Crippen LogP contribution in [0.25, 0.3) is 22.1 Å². The molecule has 2 aliphatic heterocycles. The Labute approximate surface area is 172 Å². The Hall–Kier alpha value is -2.64. The number of fused-ring (bicyclic) bond motifs is 3. The summed E-state index contributed by atoms with van der Waals surface area (Å²) in [5.74, 6) is 0.513. The van der Waals surface area contributed by atoms with Crippen LogP contribution in [0.1, 0.15) is 19.8 Å². The van der Waals surface area contributed by atoms with Gasteiger partial charge in [0.25, 0.3) is 5.91 Å². The van der Waals surface area contributed by atoms with Gasteiger partial charge in [0, 0.05) is 48.3 Å². The van der Waals surface area contributed by atoms with Crippen molar-refractivity contribution >= 4 is 28.2 Å². The van der Waals surface area contributed by atoms with Crippen molar-refractivity contribution in [2.24, 2.45) is 0 Å². The van der Waals surface area contributed by atoms with Gasteiger partial charge in [0.15, 0.2) is 6.10 Å². The fourth-order valence-corrected chi connectivity index (χ4v) is 5.02. The van der Waals surface area contributed by atoms with Gasteiger partial charge in [0.1, 0.15) is 11.3 Å². The topological polar surface area (TPSA) is 71.8 Å². The molecule has 2 fully saturated rings. The molecule has 0 aliphatic carbocycles. The van der Waals surface area contributed by atoms with Crippen LogP contribution in [0.4, 0.5) is 0 Å². The number of nitrogens with one attached hydrogen (secondary N) is 1. The molecule has 0 radical (unpaired) electrons. The lowest BCUT2D eigenvalue weighted by Crippen LogP contribution is -2.55. The summed E-state index contributed by atoms with van der Waals surface area (Å²) in [5, 5.41) is 8.35. The number of carbonyl (C=O) groups excluding carboxylic acids is 1. The third-order valence-electron chi connectivity index (χ3n) is 5.74. The fourth-order valence-electron chi connectivity index (χ4n) is 4.36. The van der Waals surface area contributed by atoms with E-state index in [2.05, 4.69) is 5.32 Å². The maximum Gasteiger partial charge on any atom is 0.336 e. The van der Waals surface area contributed by atoms with E-state index in [4.69, 9.17) is 9.15 Å². The van der Waals surface area contributed by atoms with Crippen molar-refractivity contribution in [2.75, 3.05) is 13.1 Å². The number of thiophene rings is 1. The second-order valence-electron chi connectivity index (χ2n) is 7.79. The third-order valence-corrected chi connectivity index (χ3v) is 6.42. The standard InChI is InChI=1S/C22H22N2O4S/c1-13(22(26)24-10-15-2-3-16(11-24)23-15)27-17-4-5-18-19(14-6-7-29-12-14)9-21(25)28-20(18)8-17/h4-9,12-13,15-16,23H,2-3,10-11H2,1H3/t13-,15?,16?/m1/s1. The summed E-state index contributed by atoms with van der Waals surface area (Å²) in [6, 6.07) is 9.68. The van der Waals surface area contributed by atoms with Gasteiger partial charge in [0.2, 0.25) is 0 Å². The van der Waals surface area contributed by atoms with Crippen molar-refractivity contribution in [1.29, 1.82) is 0 Å². The largest absolute Gasteiger partial charge is 0.481 e. The number of rotatable bonds is 4. The van der Waals surface area contributed by atoms with Crippen LogP contribution in [-0.2, 0) is 4.79 Å². The Morgan fingerprint density at radius 2 is 2.03 bits per heavy atom. The van der Waals surface area contributed by atoms with Gasteiger partial charge in [-0.3, -0.25) is 4.79 Å². The molecular weight excluding hydrogens is 388 g/mol. The molecule has 5 rings (SSSR count). The molecule has 0 saturated carbocycles. The smallest absolute Gasteiger partial charge is 0.336 e. The van der Waals surface area contributed by atoms with E-state index >= 15 is 0 Å². The van der Waals surface area contributed by atoms with Crippen molar-refractivity contribution in [2.45, 2.75) is 38.0 Å². The number of hydrogen-bond acceptors (Lipinski definition) is 6. The van der Waals surface area contributed by atoms with Crippen LogP contribution in [0.2, 0.25) is 0 Å². The van der Waals surface area contributed by atoms with E-state index in [0.29, 0.717) is 23.4 Å². The zero-order valence-electron chi connectivity index (χ0n) is 16.1. The molecule has 2 saturated heterocycles. The highest BCUT2D eigenvalue weighted by Gasteiger charge is 2.36. The van der Waals surface area contributed by atoms with Crippen LogP contribution >= 0.6 is 11.3 Å². The monoisotopic (exact) mass is 410 g/mol. The third kappa shape index (κ3) is 3.56. The Morgan fingerprint density at radius 1 is 1.24 bits per heavy atom. The quantitative estimate of drug-likeness (QED) is 0.669. The average Bonchev–Trinajstić information content (AvgIpc) is 3.36. The van der Waals surface area contributed by atoms with Crippen molar-refractivity contribution in [3.8, 4) is 16.9 Å². The lowest BCUT2D eigenvalue weighted by Gasteiger charge is -2.34. The van der Waals surface area contributed by atoms with Crippen molar-refractivity contribution in [3.05, 3.63) is 51.5 Å². The molecule has 2 aliphatic rings. The minimum absolute atomic E-state index is 0.00280. The zero-order chi connectivity index (χ0) is 20.0. The van der Waals surface area contributed by atoms with Gasteiger partial charge in [-0.25, -0.2) is 4.79 Å². The van der Waals surface area contributed by atoms with Crippen molar-refractivity contribution in [1.82, 2.24) is 10.2 Å². The van der Waals surface area contributed by atoms with Crippen molar-refractivity contribution < 1.29 is 13.9 Å². The molecule has 3 aromatic rings. The molecule has 1 aromatic carbocycles. The predicted octanol–water partition coefficient (Wildman–Crippen LogP) is 3.25. The van der Waals surface area contributed by atoms with E-state index < -0.39 is 11.7 Å². The first-order valence-electron chi connectivity index (χ1n) is 9.89. The Balaban J connectivity index is 1.38. The SMILES string of the molecule is C[C@@H](Oc1ccc2c(-c3ccsc3)cc(=O)oc2c1)C(=O)N1CC2CCC(C1)N2. The average molecular weight is 410 g/mol. The molecule has 29 heavy (non-hydrogen) atoms. The number of likely N-dealkylation sites (tertiary alicyclic amines) is 1. The number of amides is 1. The summed E-state index contributed by atoms with van der Waals surface area (Å²) < 4.78 is 11.3. The van der Waals surface area contributed by atoms with Crippen LogP contribution in [-0.4, -0.2) is 42.1 Å². The highest BCUT2D eigenvalue weighted by atomic mass is 32.1. The molecule has 4 heterocycles. The first-order chi connectivity index (χ1) is 14.1. The molecule has 2 aromatic heterocycles. The van der Waals surface area contributed by atoms with Gasteiger partial charge in [-0.15, -0.1) is 0 Å². The van der Waals surface area contributed by atoms with E-state index in [-0.39, 0.29) is 5.91 Å². The van der Waals surface area contributed by atoms with Gasteiger partial charge in [0.05, 0.1) is 0 Å². The van der Waals surface area contributed by atoms with E-state index in [9.17, 15) is 9.59 Å². The van der Waals surface area contributed by atoms with Gasteiger partial charge < -0.3 is 19.4 Å². The van der Waals surface area contributed by atoms with Gasteiger partial charge in [-0.2, -0.15) is 11.3 Å². The zero-order valence-corrected chi connectivity index (χ0v) is 16.9. The van der Waals surface area contributed by atoms with Gasteiger partial charge >= 0.3 is 5.63 Å². The lowest BCUT2D eigenvalue weighted by atomic mass is 10.0. The van der Waals surface area contributed by atoms with Crippen LogP contribution in [0.3, 0.4) is 0 Å². The summed E-state index contributed by atoms with van der Waals surface area (Å²) >= 11 is 1.58. The number of carbonyl (C=O) groups is 1. The minimum atomic E-state index is -0.600. The van der Waals surface area contributed by atoms with Gasteiger partial charge in [-0.1, -0.05) is 0 Å². The number of nitrogens with zero attached hydrogens (tertiary/aromatic N) is 1. The summed E-state index contributed by atoms with van der Waals surface area (Å²) in [7, 11) is 0. The molecule has 3 atom stereocenters. The molecule has 2 bridgehead atoms. The first kappa shape index (κ1) is 18.4. The number of hydrogen-bond donors (Lipinski definition) is 1. The number of benzene rings is 1. The van der Waals surface area contributed by atoms with E-state index in [0.717, 1.165) is 42.4 Å². The first-order valence-corrected chi connectivity index (χ1v) is 10.8. The van der Waals surface area contributed by atoms with E-state index in [1.165, 1.54) is 6.07 Å². The Morgan fingerprint density at radius 3 is 2.76 bits per heavy atom. The molecule has 0 spiro atoms. The second kappa shape index (κ2) is 7.31. The Bertz CT molecular complexity index is 1100. The molecular formula is C22H22N2O4S. The van der Waals surface area contributed by atoms with Crippen molar-refractivity contribution in [3.63, 3.8) is 0 Å². The Kier molecular flexibility index (Phi) is 4.64. The van der Waals surface area contributed by atoms with E-state index in [1.807, 2.05) is 33.9 Å². The minimum Gasteiger partial charge on any atom is -0.481 e. The highest BCUT2D eigenvalue weighted by molar-refractivity contribution is 7.08. The van der Waals surface area contributed by atoms with Crippen LogP contribution in [0.5, 0.6) is 5.75 Å². The maximum absolute atomic E-state index is 12.8.